The molecule has 0 spiro atoms. The number of halogens is 2. The molecule has 0 bridgehead atoms. The van der Waals surface area contributed by atoms with Gasteiger partial charge in [0.05, 0.1) is 28.9 Å². The van der Waals surface area contributed by atoms with Gasteiger partial charge in [-0.2, -0.15) is 0 Å². The molecule has 0 radical (unpaired) electrons. The van der Waals surface area contributed by atoms with Crippen LogP contribution in [0.1, 0.15) is 94.4 Å². The molecule has 1 aromatic carbocycles. The third-order valence-corrected chi connectivity index (χ3v) is 8.08. The summed E-state index contributed by atoms with van der Waals surface area (Å²) in [5.74, 6) is -5.59. The molecule has 43 heavy (non-hydrogen) atoms. The molecule has 0 saturated carbocycles. The first-order valence-electron chi connectivity index (χ1n) is 15.5. The van der Waals surface area contributed by atoms with Crippen molar-refractivity contribution in [2.24, 2.45) is 0 Å². The summed E-state index contributed by atoms with van der Waals surface area (Å²) in [6, 6.07) is 1.50. The van der Waals surface area contributed by atoms with Gasteiger partial charge in [-0.1, -0.05) is 34.3 Å². The number of allylic oxidation sites excluding steroid dienone is 4. The highest BCUT2D eigenvalue weighted by atomic mass is 19.2. The molecule has 10 heteroatoms. The maximum Gasteiger partial charge on any atom is 0.199 e. The molecule has 0 amide bonds. The van der Waals surface area contributed by atoms with E-state index >= 15 is 8.78 Å². The number of Topliss-reactive ketones (excluding diaryl/α,β-unsaturated/α-hetero) is 2. The van der Waals surface area contributed by atoms with Crippen molar-refractivity contribution in [3.63, 3.8) is 0 Å². The first-order valence-corrected chi connectivity index (χ1v) is 15.5. The fourth-order valence-electron chi connectivity index (χ4n) is 5.33. The van der Waals surface area contributed by atoms with Gasteiger partial charge in [0.25, 0.3) is 0 Å². The van der Waals surface area contributed by atoms with Gasteiger partial charge in [0.15, 0.2) is 23.2 Å². The fraction of sp³-hybridized carbons (Fsp3) is 0.576. The number of benzene rings is 1. The maximum absolute atomic E-state index is 16.1. The molecule has 0 aliphatic heterocycles. The number of hydrogen-bond acceptors (Lipinski definition) is 8. The summed E-state index contributed by atoms with van der Waals surface area (Å²) in [5, 5.41) is 27.1. The van der Waals surface area contributed by atoms with Crippen LogP contribution in [0.4, 0.5) is 8.78 Å². The third-order valence-electron chi connectivity index (χ3n) is 8.08. The Hall–Kier alpha value is -3.24. The molecule has 2 unspecified atom stereocenters. The minimum absolute atomic E-state index is 0.304. The monoisotopic (exact) mass is 604 g/mol. The molecule has 0 aromatic heterocycles. The lowest BCUT2D eigenvalue weighted by molar-refractivity contribution is 0.0966. The summed E-state index contributed by atoms with van der Waals surface area (Å²) in [6.07, 6.45) is 2.17. The van der Waals surface area contributed by atoms with Crippen LogP contribution in [0.5, 0.6) is 11.5 Å². The van der Waals surface area contributed by atoms with E-state index in [1.54, 1.807) is 6.92 Å². The first kappa shape index (κ1) is 36.0. The molecule has 0 saturated heterocycles. The van der Waals surface area contributed by atoms with Crippen molar-refractivity contribution < 1.29 is 28.6 Å². The summed E-state index contributed by atoms with van der Waals surface area (Å²) >= 11 is 0. The van der Waals surface area contributed by atoms with Crippen LogP contribution in [0.3, 0.4) is 0 Å². The average Bonchev–Trinajstić information content (AvgIpc) is 2.98. The number of carbonyl (C=O) groups excluding carboxylic acids is 2. The molecular formula is C33H50F2N4O4. The summed E-state index contributed by atoms with van der Waals surface area (Å²) in [6.45, 7) is 21.0. The van der Waals surface area contributed by atoms with Gasteiger partial charge in [0, 0.05) is 17.7 Å². The van der Waals surface area contributed by atoms with Crippen LogP contribution in [-0.2, 0) is 0 Å². The number of phenolic OH excluding ortho intramolecular Hbond substituents is 2. The molecular weight excluding hydrogens is 554 g/mol. The van der Waals surface area contributed by atoms with E-state index in [0.29, 0.717) is 12.8 Å². The Bertz CT molecular complexity index is 1210. The molecule has 2 atom stereocenters. The number of phenols is 2. The Kier molecular flexibility index (Phi) is 14.3. The van der Waals surface area contributed by atoms with E-state index in [4.69, 9.17) is 0 Å². The number of aromatic hydroxyl groups is 2. The number of nitrogens with one attached hydrogen (secondary N) is 2. The zero-order chi connectivity index (χ0) is 32.3. The molecule has 4 N–H and O–H groups in total. The average molecular weight is 605 g/mol. The molecule has 1 aliphatic rings. The lowest BCUT2D eigenvalue weighted by Gasteiger charge is -2.25. The van der Waals surface area contributed by atoms with E-state index < -0.39 is 63.5 Å². The number of ketones is 2. The Morgan fingerprint density at radius 1 is 0.814 bits per heavy atom. The molecule has 0 heterocycles. The predicted molar refractivity (Wildman–Crippen MR) is 168 cm³/mol. The second kappa shape index (κ2) is 17.2. The highest BCUT2D eigenvalue weighted by Crippen LogP contribution is 2.36. The summed E-state index contributed by atoms with van der Waals surface area (Å²) in [5.41, 5.74) is -2.17. The van der Waals surface area contributed by atoms with Crippen LogP contribution < -0.4 is 10.6 Å². The zero-order valence-electron chi connectivity index (χ0n) is 26.7. The highest BCUT2D eigenvalue weighted by Gasteiger charge is 2.33. The van der Waals surface area contributed by atoms with Gasteiger partial charge in [0.1, 0.15) is 11.5 Å². The van der Waals surface area contributed by atoms with Crippen molar-refractivity contribution in [1.82, 2.24) is 20.4 Å². The quantitative estimate of drug-likeness (QED) is 0.135. The lowest BCUT2D eigenvalue weighted by atomic mass is 9.90. The van der Waals surface area contributed by atoms with Crippen LogP contribution >= 0.6 is 0 Å². The zero-order valence-corrected chi connectivity index (χ0v) is 26.7. The first-order chi connectivity index (χ1) is 20.4. The van der Waals surface area contributed by atoms with Gasteiger partial charge in [-0.15, -0.1) is 0 Å². The smallest absolute Gasteiger partial charge is 0.199 e. The van der Waals surface area contributed by atoms with Crippen molar-refractivity contribution in [1.29, 1.82) is 0 Å². The van der Waals surface area contributed by atoms with Gasteiger partial charge in [-0.05, 0) is 90.9 Å². The number of nitrogens with zero attached hydrogens (tertiary/aromatic N) is 2. The molecule has 2 rings (SSSR count). The van der Waals surface area contributed by atoms with E-state index in [1.165, 1.54) is 0 Å². The predicted octanol–water partition coefficient (Wildman–Crippen LogP) is 5.99. The van der Waals surface area contributed by atoms with Crippen LogP contribution in [0.2, 0.25) is 0 Å². The summed E-state index contributed by atoms with van der Waals surface area (Å²) < 4.78 is 32.1. The van der Waals surface area contributed by atoms with E-state index in [0.717, 1.165) is 64.2 Å². The van der Waals surface area contributed by atoms with Crippen molar-refractivity contribution >= 4 is 11.6 Å². The van der Waals surface area contributed by atoms with Crippen LogP contribution in [0.15, 0.2) is 47.3 Å². The molecule has 1 aromatic rings. The minimum Gasteiger partial charge on any atom is -0.507 e. The normalized spacial score (nSPS) is 17.9. The lowest BCUT2D eigenvalue weighted by Crippen LogP contribution is -2.33. The van der Waals surface area contributed by atoms with Gasteiger partial charge < -0.3 is 30.6 Å². The Balaban J connectivity index is 2.52. The Morgan fingerprint density at radius 2 is 1.28 bits per heavy atom. The van der Waals surface area contributed by atoms with Crippen LogP contribution in [0, 0.1) is 0 Å². The largest absolute Gasteiger partial charge is 0.507 e. The van der Waals surface area contributed by atoms with Gasteiger partial charge >= 0.3 is 0 Å². The number of rotatable bonds is 16. The van der Waals surface area contributed by atoms with Crippen molar-refractivity contribution in [2.45, 2.75) is 85.7 Å². The second-order valence-electron chi connectivity index (χ2n) is 11.2. The van der Waals surface area contributed by atoms with Crippen molar-refractivity contribution in [3.05, 3.63) is 58.5 Å². The molecule has 8 nitrogen and oxygen atoms in total. The third kappa shape index (κ3) is 9.63. The van der Waals surface area contributed by atoms with Crippen LogP contribution in [-0.4, -0.2) is 82.9 Å². The van der Waals surface area contributed by atoms with Gasteiger partial charge in [0.2, 0.25) is 0 Å². The standard InChI is InChI=1S/C33H50F2N4O4/c1-8-38(9-2)18-12-14-21(5)36-24-20-27(42)28-25(40)16-17-26(41)29(28)33(43)23(7)32(31(35)30(24)34)37-22(6)15-13-19-39(10-3)11-4/h16-17,21-22,36-37,40-41H,7-15,18-20H2,1-6H3/b30-24-,32-31?. The van der Waals surface area contributed by atoms with E-state index in [9.17, 15) is 19.8 Å². The topological polar surface area (TPSA) is 105 Å². The van der Waals surface area contributed by atoms with Crippen LogP contribution in [0.25, 0.3) is 0 Å². The minimum atomic E-state index is -1.34. The van der Waals surface area contributed by atoms with E-state index in [1.807, 2.05) is 6.92 Å². The number of hydrogen-bond donors (Lipinski definition) is 4. The van der Waals surface area contributed by atoms with Crippen molar-refractivity contribution in [2.75, 3.05) is 39.3 Å². The fourth-order valence-corrected chi connectivity index (χ4v) is 5.33. The van der Waals surface area contributed by atoms with Crippen molar-refractivity contribution in [3.8, 4) is 11.5 Å². The SMILES string of the molecule is C=C1C(=O)c2c(O)ccc(O)c2C(=O)C/C(NC(C)CCCN(CC)CC)=C(/F)C(F)=C1NC(C)CCCN(CC)CC. The molecule has 0 fully saturated rings. The van der Waals surface area contributed by atoms with Gasteiger partial charge in [-0.3, -0.25) is 9.59 Å². The number of fused-ring (bicyclic) bond motifs is 1. The van der Waals surface area contributed by atoms with Gasteiger partial charge in [-0.25, -0.2) is 8.78 Å². The Labute approximate surface area is 255 Å². The second-order valence-corrected chi connectivity index (χ2v) is 11.2. The summed E-state index contributed by atoms with van der Waals surface area (Å²) in [7, 11) is 0. The maximum atomic E-state index is 16.1. The number of carbonyl (C=O) groups is 2. The molecule has 1 aliphatic carbocycles. The highest BCUT2D eigenvalue weighted by molar-refractivity contribution is 6.20. The van der Waals surface area contributed by atoms with E-state index in [-0.39, 0.29) is 17.8 Å². The summed E-state index contributed by atoms with van der Waals surface area (Å²) in [4.78, 5) is 31.5. The molecule has 240 valence electrons. The Morgan fingerprint density at radius 3 is 1.77 bits per heavy atom. The van der Waals surface area contributed by atoms with E-state index in [2.05, 4.69) is 54.7 Å².